The van der Waals surface area contributed by atoms with Crippen molar-refractivity contribution < 1.29 is 41.4 Å². The molecule has 0 bridgehead atoms. The topological polar surface area (TPSA) is 75.6 Å². The molecule has 2 heterocycles. The van der Waals surface area contributed by atoms with E-state index in [9.17, 15) is 26.3 Å². The third kappa shape index (κ3) is 5.81. The fourth-order valence-electron chi connectivity index (χ4n) is 1.36. The lowest BCUT2D eigenvalue weighted by Crippen LogP contribution is -2.35. The minimum Gasteiger partial charge on any atom is -0.343 e. The molecule has 148 valence electrons. The molecule has 0 saturated heterocycles. The van der Waals surface area contributed by atoms with Gasteiger partial charge in [0.1, 0.15) is 22.9 Å². The molecule has 0 aliphatic rings. The number of aromatic nitrogens is 4. The summed E-state index contributed by atoms with van der Waals surface area (Å²) in [6, 6.07) is -11.9. The zero-order chi connectivity index (χ0) is 29.9. The van der Waals surface area contributed by atoms with Crippen LogP contribution in [-0.4, -0.2) is 44.3 Å². The zero-order valence-corrected chi connectivity index (χ0v) is 13.2. The van der Waals surface area contributed by atoms with Gasteiger partial charge in [-0.1, -0.05) is 17.6 Å². The quantitative estimate of drug-likeness (QED) is 0.549. The highest BCUT2D eigenvalue weighted by Gasteiger charge is 2.38. The van der Waals surface area contributed by atoms with Crippen molar-refractivity contribution in [2.75, 3.05) is 10.6 Å². The summed E-state index contributed by atoms with van der Waals surface area (Å²) in [5.74, 6) is -4.31. The summed E-state index contributed by atoms with van der Waals surface area (Å²) < 4.78 is 162. The highest BCUT2D eigenvalue weighted by atomic mass is 35.5. The van der Waals surface area contributed by atoms with E-state index in [1.165, 1.54) is 0 Å². The van der Waals surface area contributed by atoms with Gasteiger partial charge in [0.2, 0.25) is 11.9 Å². The number of nitrogens with zero attached hydrogens (tertiary/aromatic N) is 4. The molecule has 0 fully saturated rings. The molecule has 0 spiro atoms. The van der Waals surface area contributed by atoms with Crippen molar-refractivity contribution in [3.63, 3.8) is 0 Å². The molecule has 6 nitrogen and oxygen atoms in total. The highest BCUT2D eigenvalue weighted by Crippen LogP contribution is 2.26. The Labute approximate surface area is 169 Å². The average Bonchev–Trinajstić information content (AvgIpc) is 2.71. The number of nitrogens with one attached hydrogen (secondary N) is 2. The Morgan fingerprint density at radius 3 is 1.93 bits per heavy atom. The maximum Gasteiger partial charge on any atom is 0.408 e. The summed E-state index contributed by atoms with van der Waals surface area (Å²) in [6.07, 6.45) is -11.8. The molecule has 2 aromatic rings. The van der Waals surface area contributed by atoms with Gasteiger partial charge in [0.05, 0.1) is 6.85 Å². The van der Waals surface area contributed by atoms with Crippen molar-refractivity contribution in [3.05, 3.63) is 23.3 Å². The maximum atomic E-state index is 13.6. The van der Waals surface area contributed by atoms with Crippen LogP contribution in [0.15, 0.2) is 18.1 Å². The second-order valence-corrected chi connectivity index (χ2v) is 4.79. The number of rotatable bonds is 5. The minimum atomic E-state index is -5.88. The smallest absolute Gasteiger partial charge is 0.343 e. The van der Waals surface area contributed by atoms with Gasteiger partial charge in [0.25, 0.3) is 0 Å². The van der Waals surface area contributed by atoms with E-state index in [2.05, 4.69) is 19.9 Å². The van der Waals surface area contributed by atoms with Crippen LogP contribution < -0.4 is 10.6 Å². The Balaban J connectivity index is 2.89. The van der Waals surface area contributed by atoms with Gasteiger partial charge in [-0.15, -0.1) is 0 Å². The lowest BCUT2D eigenvalue weighted by atomic mass is 10.3. The molecule has 2 rings (SSSR count). The maximum absolute atomic E-state index is 13.6. The van der Waals surface area contributed by atoms with Crippen LogP contribution in [0.1, 0.15) is 28.8 Å². The molecule has 0 amide bonds. The number of pyridine rings is 1. The molecular formula is C14H13ClF6N6. The van der Waals surface area contributed by atoms with Crippen molar-refractivity contribution in [2.45, 2.75) is 38.1 Å². The van der Waals surface area contributed by atoms with E-state index >= 15 is 0 Å². The van der Waals surface area contributed by atoms with Crippen molar-refractivity contribution in [2.24, 2.45) is 0 Å². The monoisotopic (exact) mass is 425 g/mol. The fourth-order valence-corrected chi connectivity index (χ4v) is 1.49. The summed E-state index contributed by atoms with van der Waals surface area (Å²) in [7, 11) is 0. The minimum absolute atomic E-state index is 0.786. The first-order valence-corrected chi connectivity index (χ1v) is 6.74. The second kappa shape index (κ2) is 7.71. The molecule has 0 aliphatic carbocycles. The van der Waals surface area contributed by atoms with Crippen LogP contribution in [0, 0.1) is 0 Å². The molecule has 27 heavy (non-hydrogen) atoms. The second-order valence-electron chi connectivity index (χ2n) is 4.43. The molecule has 0 saturated carbocycles. The van der Waals surface area contributed by atoms with Crippen molar-refractivity contribution in [1.82, 2.24) is 19.9 Å². The first-order chi connectivity index (χ1) is 16.8. The first kappa shape index (κ1) is 10.2. The number of alkyl halides is 6. The van der Waals surface area contributed by atoms with Crippen LogP contribution in [0.5, 0.6) is 0 Å². The molecule has 2 atom stereocenters. The van der Waals surface area contributed by atoms with Gasteiger partial charge in [0, 0.05) is 8.22 Å². The van der Waals surface area contributed by atoms with Gasteiger partial charge in [-0.25, -0.2) is 4.98 Å². The Morgan fingerprint density at radius 1 is 0.963 bits per heavy atom. The molecule has 0 aromatic carbocycles. The SMILES string of the molecule is [2H]c1c(Cl)nc(-c2nc(N[C@]([2H])(C([2H])([2H])[2H])C(F)(F)F)nc(N[C@]([2H])(C([2H])([2H])[2H])C(F)(F)F)n2)c([2H])c1[2H]. The molecular weight excluding hydrogens is 402 g/mol. The van der Waals surface area contributed by atoms with Crippen LogP contribution in [0.2, 0.25) is 5.15 Å². The molecule has 0 radical (unpaired) electrons. The standard InChI is InChI=1S/C14H13ClF6N6/c1-6(13(16,17)18)22-11-25-10(8-4-3-5-9(15)24-8)26-12(27-11)23-7(2)14(19,20)21/h3-7H,1-2H3,(H2,22,23,25,26,27)/t6-,7-/m1/s1/i1D3,2D3,3D,4D,5D,6D,7D. The predicted octanol–water partition coefficient (Wildman–Crippen LogP) is 4.31. The van der Waals surface area contributed by atoms with Gasteiger partial charge < -0.3 is 10.6 Å². The summed E-state index contributed by atoms with van der Waals surface area (Å²) in [5.41, 5.74) is -0.933. The van der Waals surface area contributed by atoms with Crippen LogP contribution in [0.25, 0.3) is 11.5 Å². The number of halogens is 7. The van der Waals surface area contributed by atoms with Crippen molar-refractivity contribution >= 4 is 23.5 Å². The molecule has 2 aromatic heterocycles. The van der Waals surface area contributed by atoms with Crippen molar-refractivity contribution in [3.8, 4) is 11.5 Å². The Morgan fingerprint density at radius 2 is 1.48 bits per heavy atom. The Bertz CT molecular complexity index is 1130. The number of hydrogen-bond acceptors (Lipinski definition) is 6. The normalized spacial score (nSPS) is 23.7. The van der Waals surface area contributed by atoms with E-state index in [1.807, 2.05) is 0 Å². The van der Waals surface area contributed by atoms with Crippen LogP contribution >= 0.6 is 11.6 Å². The Hall–Kier alpha value is -2.37. The van der Waals surface area contributed by atoms with Crippen LogP contribution in [0.4, 0.5) is 38.2 Å². The van der Waals surface area contributed by atoms with Gasteiger partial charge in [0.15, 0.2) is 5.82 Å². The average molecular weight is 426 g/mol. The van der Waals surface area contributed by atoms with E-state index in [1.54, 1.807) is 0 Å². The lowest BCUT2D eigenvalue weighted by molar-refractivity contribution is -0.139. The summed E-state index contributed by atoms with van der Waals surface area (Å²) in [4.78, 5) is 13.2. The fraction of sp³-hybridized carbons (Fsp3) is 0.429. The molecule has 0 unspecified atom stereocenters. The van der Waals surface area contributed by atoms with E-state index in [0.717, 1.165) is 10.6 Å². The third-order valence-electron chi connectivity index (χ3n) is 2.44. The first-order valence-electron chi connectivity index (χ1n) is 11.9. The van der Waals surface area contributed by atoms with E-state index in [4.69, 9.17) is 26.7 Å². The molecule has 2 N–H and O–H groups in total. The predicted molar refractivity (Wildman–Crippen MR) is 86.3 cm³/mol. The van der Waals surface area contributed by atoms with Crippen LogP contribution in [-0.2, 0) is 0 Å². The summed E-state index contributed by atoms with van der Waals surface area (Å²) in [5, 5.41) is 1.41. The van der Waals surface area contributed by atoms with Gasteiger partial charge in [-0.05, 0) is 25.8 Å². The number of anilines is 2. The van der Waals surface area contributed by atoms with Gasteiger partial charge in [-0.2, -0.15) is 41.3 Å². The summed E-state index contributed by atoms with van der Waals surface area (Å²) in [6.45, 7) is -8.39. The third-order valence-corrected chi connectivity index (χ3v) is 2.62. The Kier molecular flexibility index (Phi) is 2.93. The van der Waals surface area contributed by atoms with Gasteiger partial charge >= 0.3 is 12.4 Å². The van der Waals surface area contributed by atoms with Crippen molar-refractivity contribution in [1.29, 1.82) is 0 Å². The lowest BCUT2D eigenvalue weighted by Gasteiger charge is -2.20. The largest absolute Gasteiger partial charge is 0.408 e. The molecule has 0 aliphatic heterocycles. The van der Waals surface area contributed by atoms with E-state index in [-0.39, 0.29) is 0 Å². The van der Waals surface area contributed by atoms with E-state index in [0.29, 0.717) is 0 Å². The highest BCUT2D eigenvalue weighted by molar-refractivity contribution is 6.29. The molecule has 13 heteroatoms. The van der Waals surface area contributed by atoms with E-state index < -0.39 is 84.8 Å². The van der Waals surface area contributed by atoms with Gasteiger partial charge in [-0.3, -0.25) is 0 Å². The number of hydrogen-bond donors (Lipinski definition) is 2. The zero-order valence-electron chi connectivity index (χ0n) is 23.4. The summed E-state index contributed by atoms with van der Waals surface area (Å²) >= 11 is 5.66. The van der Waals surface area contributed by atoms with Crippen LogP contribution in [0.3, 0.4) is 0 Å².